The molecular formula is C26H20ClFN4O2S2. The first-order valence-corrected chi connectivity index (χ1v) is 13.3. The number of rotatable bonds is 7. The van der Waals surface area contributed by atoms with E-state index >= 15 is 0 Å². The number of anilines is 2. The lowest BCUT2D eigenvalue weighted by Crippen LogP contribution is -2.24. The third-order valence-corrected chi connectivity index (χ3v) is 8.24. The zero-order valence-corrected chi connectivity index (χ0v) is 21.2. The standard InChI is InChI=1S/C26H20ClFN4O2S2/c27-21-7-3-1-5-16(21)15-35-22-8-4-2-6-20(22)24(34)29-26-31-30-25(36-26)17-13-23(33)32(14-17)19-11-9-18(28)10-12-19/h1-12,17H,13-15H2,(H,29,31,34). The molecule has 4 aromatic rings. The molecule has 1 saturated heterocycles. The molecular weight excluding hydrogens is 519 g/mol. The smallest absolute Gasteiger partial charge is 0.258 e. The summed E-state index contributed by atoms with van der Waals surface area (Å²) in [7, 11) is 0. The second kappa shape index (κ2) is 10.8. The van der Waals surface area contributed by atoms with Gasteiger partial charge in [-0.05, 0) is 48.0 Å². The maximum Gasteiger partial charge on any atom is 0.258 e. The van der Waals surface area contributed by atoms with Crippen LogP contribution in [0.15, 0.2) is 77.7 Å². The topological polar surface area (TPSA) is 75.2 Å². The Hall–Kier alpha value is -3.27. The predicted octanol–water partition coefficient (Wildman–Crippen LogP) is 6.40. The first-order valence-electron chi connectivity index (χ1n) is 11.1. The van der Waals surface area contributed by atoms with Crippen LogP contribution in [0.1, 0.15) is 33.3 Å². The van der Waals surface area contributed by atoms with Crippen LogP contribution in [0.25, 0.3) is 0 Å². The molecule has 182 valence electrons. The molecule has 36 heavy (non-hydrogen) atoms. The highest BCUT2D eigenvalue weighted by Gasteiger charge is 2.34. The van der Waals surface area contributed by atoms with Crippen LogP contribution < -0.4 is 10.2 Å². The number of halogens is 2. The van der Waals surface area contributed by atoms with Gasteiger partial charge in [0.1, 0.15) is 10.8 Å². The second-order valence-electron chi connectivity index (χ2n) is 8.16. The van der Waals surface area contributed by atoms with E-state index in [0.717, 1.165) is 10.5 Å². The molecule has 1 atom stereocenters. The fourth-order valence-corrected chi connectivity index (χ4v) is 6.07. The van der Waals surface area contributed by atoms with E-state index in [9.17, 15) is 14.0 Å². The Bertz CT molecular complexity index is 1410. The van der Waals surface area contributed by atoms with Gasteiger partial charge in [-0.15, -0.1) is 22.0 Å². The summed E-state index contributed by atoms with van der Waals surface area (Å²) in [4.78, 5) is 28.1. The van der Waals surface area contributed by atoms with Crippen LogP contribution in [0, 0.1) is 5.82 Å². The molecule has 1 fully saturated rings. The van der Waals surface area contributed by atoms with Gasteiger partial charge in [0.15, 0.2) is 0 Å². The number of amides is 2. The zero-order chi connectivity index (χ0) is 25.1. The highest BCUT2D eigenvalue weighted by atomic mass is 35.5. The fourth-order valence-electron chi connectivity index (χ4n) is 3.91. The van der Waals surface area contributed by atoms with Crippen LogP contribution in [0.4, 0.5) is 15.2 Å². The molecule has 5 rings (SSSR count). The van der Waals surface area contributed by atoms with Gasteiger partial charge >= 0.3 is 0 Å². The minimum absolute atomic E-state index is 0.0585. The maximum absolute atomic E-state index is 13.2. The summed E-state index contributed by atoms with van der Waals surface area (Å²) in [5, 5.41) is 12.9. The van der Waals surface area contributed by atoms with E-state index in [2.05, 4.69) is 15.5 Å². The van der Waals surface area contributed by atoms with Gasteiger partial charge in [0.2, 0.25) is 11.0 Å². The summed E-state index contributed by atoms with van der Waals surface area (Å²) in [5.74, 6) is -0.209. The molecule has 1 aliphatic heterocycles. The monoisotopic (exact) mass is 538 g/mol. The van der Waals surface area contributed by atoms with Crippen molar-refractivity contribution < 1.29 is 14.0 Å². The molecule has 0 radical (unpaired) electrons. The Labute approximate surface area is 220 Å². The molecule has 0 aliphatic carbocycles. The molecule has 1 aromatic heterocycles. The van der Waals surface area contributed by atoms with E-state index in [-0.39, 0.29) is 30.0 Å². The van der Waals surface area contributed by atoms with E-state index in [4.69, 9.17) is 11.6 Å². The predicted molar refractivity (Wildman–Crippen MR) is 141 cm³/mol. The summed E-state index contributed by atoms with van der Waals surface area (Å²) >= 11 is 9.06. The minimum Gasteiger partial charge on any atom is -0.312 e. The normalized spacial score (nSPS) is 15.3. The third kappa shape index (κ3) is 5.43. The molecule has 0 saturated carbocycles. The molecule has 2 heterocycles. The zero-order valence-electron chi connectivity index (χ0n) is 18.9. The van der Waals surface area contributed by atoms with Gasteiger partial charge in [-0.1, -0.05) is 53.3 Å². The van der Waals surface area contributed by atoms with Crippen molar-refractivity contribution in [3.63, 3.8) is 0 Å². The van der Waals surface area contributed by atoms with Crippen LogP contribution in [0.5, 0.6) is 0 Å². The fraction of sp³-hybridized carbons (Fsp3) is 0.154. The average molecular weight is 539 g/mol. The summed E-state index contributed by atoms with van der Waals surface area (Å²) in [6.45, 7) is 0.425. The lowest BCUT2D eigenvalue weighted by Gasteiger charge is -2.16. The number of hydrogen-bond acceptors (Lipinski definition) is 6. The molecule has 10 heteroatoms. The quantitative estimate of drug-likeness (QED) is 0.276. The molecule has 3 aromatic carbocycles. The highest BCUT2D eigenvalue weighted by molar-refractivity contribution is 7.98. The Morgan fingerprint density at radius 1 is 1.08 bits per heavy atom. The van der Waals surface area contributed by atoms with Crippen molar-refractivity contribution in [3.05, 3.63) is 99.8 Å². The number of thioether (sulfide) groups is 1. The number of nitrogens with one attached hydrogen (secondary N) is 1. The van der Waals surface area contributed by atoms with Crippen molar-refractivity contribution in [2.45, 2.75) is 23.0 Å². The van der Waals surface area contributed by atoms with Crippen molar-refractivity contribution >= 4 is 57.3 Å². The Morgan fingerprint density at radius 2 is 1.83 bits per heavy atom. The second-order valence-corrected chi connectivity index (χ2v) is 10.6. The van der Waals surface area contributed by atoms with Crippen molar-refractivity contribution in [2.24, 2.45) is 0 Å². The van der Waals surface area contributed by atoms with Crippen LogP contribution in [0.2, 0.25) is 5.02 Å². The van der Waals surface area contributed by atoms with Gasteiger partial charge < -0.3 is 4.90 Å². The van der Waals surface area contributed by atoms with Crippen molar-refractivity contribution in [1.29, 1.82) is 0 Å². The Balaban J connectivity index is 1.25. The summed E-state index contributed by atoms with van der Waals surface area (Å²) in [5.41, 5.74) is 2.17. The van der Waals surface area contributed by atoms with E-state index in [1.54, 1.807) is 23.1 Å². The molecule has 1 aliphatic rings. The molecule has 1 N–H and O–H groups in total. The van der Waals surface area contributed by atoms with Crippen LogP contribution in [0.3, 0.4) is 0 Å². The van der Waals surface area contributed by atoms with Crippen molar-refractivity contribution in [1.82, 2.24) is 10.2 Å². The third-order valence-electron chi connectivity index (χ3n) is 5.75. The van der Waals surface area contributed by atoms with Crippen LogP contribution in [-0.4, -0.2) is 28.6 Å². The lowest BCUT2D eigenvalue weighted by molar-refractivity contribution is -0.117. The van der Waals surface area contributed by atoms with Gasteiger partial charge in [-0.25, -0.2) is 4.39 Å². The average Bonchev–Trinajstić information content (AvgIpc) is 3.51. The van der Waals surface area contributed by atoms with E-state index in [0.29, 0.717) is 38.7 Å². The van der Waals surface area contributed by atoms with E-state index in [1.807, 2.05) is 42.5 Å². The Morgan fingerprint density at radius 3 is 2.64 bits per heavy atom. The van der Waals surface area contributed by atoms with Gasteiger partial charge in [0, 0.05) is 40.2 Å². The van der Waals surface area contributed by atoms with E-state index < -0.39 is 0 Å². The number of carbonyl (C=O) groups is 2. The number of carbonyl (C=O) groups excluding carboxylic acids is 2. The number of nitrogens with zero attached hydrogens (tertiary/aromatic N) is 3. The molecule has 2 amide bonds. The summed E-state index contributed by atoms with van der Waals surface area (Å²) < 4.78 is 13.2. The summed E-state index contributed by atoms with van der Waals surface area (Å²) in [6.07, 6.45) is 0.279. The van der Waals surface area contributed by atoms with E-state index in [1.165, 1.54) is 35.2 Å². The molecule has 0 bridgehead atoms. The first kappa shape index (κ1) is 24.4. The minimum atomic E-state index is -0.352. The molecule has 1 unspecified atom stereocenters. The van der Waals surface area contributed by atoms with Gasteiger partial charge in [0.25, 0.3) is 5.91 Å². The number of benzene rings is 3. The van der Waals surface area contributed by atoms with Crippen LogP contribution >= 0.6 is 34.7 Å². The number of aromatic nitrogens is 2. The van der Waals surface area contributed by atoms with Crippen molar-refractivity contribution in [2.75, 3.05) is 16.8 Å². The molecule has 6 nitrogen and oxygen atoms in total. The first-order chi connectivity index (χ1) is 17.5. The number of hydrogen-bond donors (Lipinski definition) is 1. The van der Waals surface area contributed by atoms with Crippen LogP contribution in [-0.2, 0) is 10.5 Å². The maximum atomic E-state index is 13.2. The van der Waals surface area contributed by atoms with Gasteiger partial charge in [-0.3, -0.25) is 14.9 Å². The SMILES string of the molecule is O=C(Nc1nnc(C2CC(=O)N(c3ccc(F)cc3)C2)s1)c1ccccc1SCc1ccccc1Cl. The molecule has 0 spiro atoms. The Kier molecular flexibility index (Phi) is 7.31. The van der Waals surface area contributed by atoms with Gasteiger partial charge in [-0.2, -0.15) is 0 Å². The highest BCUT2D eigenvalue weighted by Crippen LogP contribution is 2.35. The lowest BCUT2D eigenvalue weighted by atomic mass is 10.1. The largest absolute Gasteiger partial charge is 0.312 e. The van der Waals surface area contributed by atoms with Gasteiger partial charge in [0.05, 0.1) is 5.56 Å². The summed E-state index contributed by atoms with van der Waals surface area (Å²) in [6, 6.07) is 20.8. The van der Waals surface area contributed by atoms with Crippen molar-refractivity contribution in [3.8, 4) is 0 Å².